The first-order chi connectivity index (χ1) is 8.11. The highest BCUT2D eigenvalue weighted by atomic mass is 32.2. The minimum Gasteiger partial charge on any atom is -0.313 e. The van der Waals surface area contributed by atoms with Gasteiger partial charge < -0.3 is 5.32 Å². The smallest absolute Gasteiger partial charge is 0.123 e. The summed E-state index contributed by atoms with van der Waals surface area (Å²) in [6.45, 7) is 4.73. The molecule has 4 heteroatoms. The van der Waals surface area contributed by atoms with E-state index in [-0.39, 0.29) is 11.9 Å². The fraction of sp³-hybridized carbons (Fsp3) is 0.538. The molecule has 0 amide bonds. The zero-order chi connectivity index (χ0) is 12.7. The molecule has 0 aromatic heterocycles. The van der Waals surface area contributed by atoms with Crippen LogP contribution in [0.2, 0.25) is 0 Å². The summed E-state index contributed by atoms with van der Waals surface area (Å²) < 4.78 is 24.2. The van der Waals surface area contributed by atoms with Crippen LogP contribution in [0.3, 0.4) is 0 Å². The van der Waals surface area contributed by atoms with E-state index in [0.717, 1.165) is 18.5 Å². The molecule has 1 aromatic carbocycles. The van der Waals surface area contributed by atoms with E-state index in [1.54, 1.807) is 12.1 Å². The van der Waals surface area contributed by atoms with Gasteiger partial charge in [-0.1, -0.05) is 19.1 Å². The summed E-state index contributed by atoms with van der Waals surface area (Å²) in [4.78, 5) is 0. The molecule has 0 radical (unpaired) electrons. The van der Waals surface area contributed by atoms with Crippen LogP contribution in [0.5, 0.6) is 0 Å². The van der Waals surface area contributed by atoms with E-state index < -0.39 is 10.8 Å². The van der Waals surface area contributed by atoms with E-state index in [1.165, 1.54) is 6.07 Å². The van der Waals surface area contributed by atoms with Crippen LogP contribution in [-0.4, -0.2) is 28.3 Å². The Bertz CT molecular complexity index is 370. The highest BCUT2D eigenvalue weighted by molar-refractivity contribution is 7.84. The highest BCUT2D eigenvalue weighted by Crippen LogP contribution is 2.06. The number of halogens is 1. The molecule has 0 bridgehead atoms. The Labute approximate surface area is 105 Å². The van der Waals surface area contributed by atoms with Crippen molar-refractivity contribution in [3.8, 4) is 0 Å². The van der Waals surface area contributed by atoms with Gasteiger partial charge in [0.2, 0.25) is 0 Å². The fourth-order valence-corrected chi connectivity index (χ4v) is 2.29. The lowest BCUT2D eigenvalue weighted by atomic mass is 10.1. The van der Waals surface area contributed by atoms with Gasteiger partial charge in [-0.25, -0.2) is 4.39 Å². The molecule has 2 unspecified atom stereocenters. The summed E-state index contributed by atoms with van der Waals surface area (Å²) in [6, 6.07) is 6.93. The van der Waals surface area contributed by atoms with Crippen molar-refractivity contribution in [1.29, 1.82) is 0 Å². The third-order valence-corrected chi connectivity index (χ3v) is 3.88. The summed E-state index contributed by atoms with van der Waals surface area (Å²) in [5, 5.41) is 3.30. The first-order valence-corrected chi connectivity index (χ1v) is 7.43. The second kappa shape index (κ2) is 7.56. The van der Waals surface area contributed by atoms with E-state index in [0.29, 0.717) is 11.5 Å². The molecule has 0 aliphatic carbocycles. The third-order valence-electron chi connectivity index (χ3n) is 2.58. The number of hydrogen-bond acceptors (Lipinski definition) is 2. The minimum absolute atomic E-state index is 0.193. The van der Waals surface area contributed by atoms with Crippen LogP contribution >= 0.6 is 0 Å². The molecule has 0 aliphatic rings. The molecule has 2 nitrogen and oxygen atoms in total. The lowest BCUT2D eigenvalue weighted by molar-refractivity contribution is 0.561. The maximum atomic E-state index is 13.0. The molecular formula is C13H20FNOS. The Morgan fingerprint density at radius 1 is 1.47 bits per heavy atom. The summed E-state index contributed by atoms with van der Waals surface area (Å²) in [7, 11) is -0.716. The second-order valence-corrected chi connectivity index (χ2v) is 5.99. The van der Waals surface area contributed by atoms with Gasteiger partial charge in [0, 0.05) is 34.9 Å². The standard InChI is InChI=1S/C13H20FNOS/c1-3-17(16)8-7-15-11(2)9-12-5-4-6-13(14)10-12/h4-6,10-11,15H,3,7-9H2,1-2H3. The van der Waals surface area contributed by atoms with Gasteiger partial charge in [-0.15, -0.1) is 0 Å². The molecule has 1 N–H and O–H groups in total. The highest BCUT2D eigenvalue weighted by Gasteiger charge is 2.04. The second-order valence-electron chi connectivity index (χ2n) is 4.12. The molecular weight excluding hydrogens is 237 g/mol. The average Bonchev–Trinajstić information content (AvgIpc) is 2.28. The van der Waals surface area contributed by atoms with Crippen LogP contribution in [0.1, 0.15) is 19.4 Å². The molecule has 0 spiro atoms. The molecule has 0 fully saturated rings. The van der Waals surface area contributed by atoms with Crippen molar-refractivity contribution in [3.63, 3.8) is 0 Å². The predicted octanol–water partition coefficient (Wildman–Crippen LogP) is 2.11. The van der Waals surface area contributed by atoms with E-state index in [9.17, 15) is 8.60 Å². The monoisotopic (exact) mass is 257 g/mol. The quantitative estimate of drug-likeness (QED) is 0.810. The van der Waals surface area contributed by atoms with Gasteiger partial charge in [0.05, 0.1) is 0 Å². The van der Waals surface area contributed by atoms with E-state index in [4.69, 9.17) is 0 Å². The SMILES string of the molecule is CCS(=O)CCNC(C)Cc1cccc(F)c1. The minimum atomic E-state index is -0.716. The lowest BCUT2D eigenvalue weighted by Gasteiger charge is -2.13. The molecule has 17 heavy (non-hydrogen) atoms. The van der Waals surface area contributed by atoms with Crippen LogP contribution < -0.4 is 5.32 Å². The van der Waals surface area contributed by atoms with Gasteiger partial charge in [-0.05, 0) is 31.0 Å². The zero-order valence-corrected chi connectivity index (χ0v) is 11.2. The lowest BCUT2D eigenvalue weighted by Crippen LogP contribution is -2.31. The van der Waals surface area contributed by atoms with Crippen molar-refractivity contribution in [2.24, 2.45) is 0 Å². The Morgan fingerprint density at radius 2 is 2.24 bits per heavy atom. The Morgan fingerprint density at radius 3 is 2.88 bits per heavy atom. The maximum Gasteiger partial charge on any atom is 0.123 e. The molecule has 2 atom stereocenters. The number of hydrogen-bond donors (Lipinski definition) is 1. The summed E-state index contributed by atoms with van der Waals surface area (Å²) in [5.41, 5.74) is 0.988. The Hall–Kier alpha value is -0.740. The van der Waals surface area contributed by atoms with Gasteiger partial charge in [0.15, 0.2) is 0 Å². The number of nitrogens with one attached hydrogen (secondary N) is 1. The Balaban J connectivity index is 2.29. The van der Waals surface area contributed by atoms with Crippen molar-refractivity contribution in [2.75, 3.05) is 18.1 Å². The first-order valence-electron chi connectivity index (χ1n) is 5.94. The maximum absolute atomic E-state index is 13.0. The molecule has 1 aromatic rings. The number of benzene rings is 1. The van der Waals surface area contributed by atoms with Crippen molar-refractivity contribution >= 4 is 10.8 Å². The van der Waals surface area contributed by atoms with Crippen LogP contribution in [0, 0.1) is 5.82 Å². The van der Waals surface area contributed by atoms with Crippen molar-refractivity contribution in [3.05, 3.63) is 35.6 Å². The van der Waals surface area contributed by atoms with Crippen LogP contribution in [0.25, 0.3) is 0 Å². The molecule has 0 saturated heterocycles. The fourth-order valence-electron chi connectivity index (χ4n) is 1.65. The van der Waals surface area contributed by atoms with E-state index in [2.05, 4.69) is 12.2 Å². The topological polar surface area (TPSA) is 29.1 Å². The molecule has 0 aliphatic heterocycles. The molecule has 0 saturated carbocycles. The van der Waals surface area contributed by atoms with E-state index in [1.807, 2.05) is 13.0 Å². The normalized spacial score (nSPS) is 14.5. The first kappa shape index (κ1) is 14.3. The van der Waals surface area contributed by atoms with Gasteiger partial charge in [0.1, 0.15) is 5.82 Å². The van der Waals surface area contributed by atoms with Gasteiger partial charge in [-0.3, -0.25) is 4.21 Å². The predicted molar refractivity (Wildman–Crippen MR) is 71.1 cm³/mol. The summed E-state index contributed by atoms with van der Waals surface area (Å²) >= 11 is 0. The van der Waals surface area contributed by atoms with Crippen LogP contribution in [-0.2, 0) is 17.2 Å². The summed E-state index contributed by atoms with van der Waals surface area (Å²) in [5.74, 6) is 1.20. The van der Waals surface area contributed by atoms with Crippen molar-refractivity contribution in [2.45, 2.75) is 26.3 Å². The van der Waals surface area contributed by atoms with Crippen LogP contribution in [0.15, 0.2) is 24.3 Å². The average molecular weight is 257 g/mol. The number of rotatable bonds is 7. The van der Waals surface area contributed by atoms with E-state index >= 15 is 0 Å². The van der Waals surface area contributed by atoms with Gasteiger partial charge in [-0.2, -0.15) is 0 Å². The zero-order valence-electron chi connectivity index (χ0n) is 10.4. The Kier molecular flexibility index (Phi) is 6.37. The summed E-state index contributed by atoms with van der Waals surface area (Å²) in [6.07, 6.45) is 0.788. The van der Waals surface area contributed by atoms with Crippen molar-refractivity contribution in [1.82, 2.24) is 5.32 Å². The third kappa shape index (κ3) is 5.94. The molecule has 96 valence electrons. The molecule has 0 heterocycles. The van der Waals surface area contributed by atoms with Gasteiger partial charge >= 0.3 is 0 Å². The van der Waals surface area contributed by atoms with Crippen molar-refractivity contribution < 1.29 is 8.60 Å². The van der Waals surface area contributed by atoms with Crippen LogP contribution in [0.4, 0.5) is 4.39 Å². The molecule has 1 rings (SSSR count). The largest absolute Gasteiger partial charge is 0.313 e. The van der Waals surface area contributed by atoms with Gasteiger partial charge in [0.25, 0.3) is 0 Å².